The van der Waals surface area contributed by atoms with Crippen molar-refractivity contribution in [3.05, 3.63) is 52.3 Å². The molecule has 0 aliphatic carbocycles. The predicted molar refractivity (Wildman–Crippen MR) is 89.0 cm³/mol. The van der Waals surface area contributed by atoms with Crippen molar-refractivity contribution in [1.29, 1.82) is 0 Å². The van der Waals surface area contributed by atoms with E-state index >= 15 is 0 Å². The number of carbonyl (C=O) groups excluding carboxylic acids is 1. The zero-order chi connectivity index (χ0) is 17.7. The second-order valence-corrected chi connectivity index (χ2v) is 5.18. The highest BCUT2D eigenvalue weighted by Crippen LogP contribution is 2.35. The van der Waals surface area contributed by atoms with E-state index in [0.29, 0.717) is 28.2 Å². The van der Waals surface area contributed by atoms with Crippen molar-refractivity contribution >= 4 is 17.4 Å². The van der Waals surface area contributed by atoms with E-state index in [0.717, 1.165) is 0 Å². The Labute approximate surface area is 145 Å². The highest BCUT2D eigenvalue weighted by molar-refractivity contribution is 6.30. The Morgan fingerprint density at radius 2 is 1.67 bits per heavy atom. The van der Waals surface area contributed by atoms with E-state index in [4.69, 9.17) is 30.5 Å². The predicted octanol–water partition coefficient (Wildman–Crippen LogP) is 3.27. The molecule has 0 saturated heterocycles. The molecule has 24 heavy (non-hydrogen) atoms. The van der Waals surface area contributed by atoms with Gasteiger partial charge in [-0.25, -0.2) is 4.98 Å². The molecule has 0 saturated carbocycles. The van der Waals surface area contributed by atoms with Crippen LogP contribution in [0.15, 0.2) is 30.5 Å². The molecule has 1 aromatic heterocycles. The van der Waals surface area contributed by atoms with Crippen molar-refractivity contribution in [2.24, 2.45) is 0 Å². The van der Waals surface area contributed by atoms with Crippen LogP contribution in [0, 0.1) is 0 Å². The van der Waals surface area contributed by atoms with Crippen molar-refractivity contribution < 1.29 is 23.7 Å². The minimum atomic E-state index is -0.735. The third-order valence-electron chi connectivity index (χ3n) is 3.47. The maximum absolute atomic E-state index is 12.9. The van der Waals surface area contributed by atoms with Crippen LogP contribution in [0.2, 0.25) is 5.15 Å². The monoisotopic (exact) mass is 351 g/mol. The number of methoxy groups -OCH3 is 4. The average molecular weight is 352 g/mol. The van der Waals surface area contributed by atoms with Gasteiger partial charge in [0.15, 0.2) is 23.6 Å². The fraction of sp³-hybridized carbons (Fsp3) is 0.294. The lowest BCUT2D eigenvalue weighted by Gasteiger charge is -2.19. The molecule has 0 bridgehead atoms. The lowest BCUT2D eigenvalue weighted by atomic mass is 9.97. The summed E-state index contributed by atoms with van der Waals surface area (Å²) >= 11 is 5.88. The third-order valence-corrected chi connectivity index (χ3v) is 3.68. The Morgan fingerprint density at radius 3 is 2.21 bits per heavy atom. The first-order valence-electron chi connectivity index (χ1n) is 7.03. The third kappa shape index (κ3) is 3.67. The second kappa shape index (κ2) is 8.10. The molecule has 0 aliphatic heterocycles. The molecule has 0 amide bonds. The number of aromatic nitrogens is 1. The van der Waals surface area contributed by atoms with Gasteiger partial charge in [0.1, 0.15) is 5.15 Å². The Morgan fingerprint density at radius 1 is 1.04 bits per heavy atom. The normalized spacial score (nSPS) is 10.8. The summed E-state index contributed by atoms with van der Waals surface area (Å²) in [6, 6.07) is 6.34. The van der Waals surface area contributed by atoms with Crippen molar-refractivity contribution in [3.8, 4) is 11.5 Å². The number of pyridine rings is 1. The van der Waals surface area contributed by atoms with Gasteiger partial charge in [0.2, 0.25) is 0 Å². The summed E-state index contributed by atoms with van der Waals surface area (Å²) in [6.45, 7) is 0. The number of ether oxygens (including phenoxy) is 4. The molecule has 0 atom stereocenters. The molecule has 0 spiro atoms. The maximum atomic E-state index is 12.9. The standard InChI is InChI=1S/C17H18ClNO5/c1-21-13-8-11(16(20)10-5-6-19-15(18)7-10)12(9-14(13)22-2)17(23-3)24-4/h5-9,17H,1-4H3. The van der Waals surface area contributed by atoms with Crippen molar-refractivity contribution in [2.75, 3.05) is 28.4 Å². The first kappa shape index (κ1) is 18.2. The molecule has 7 heteroatoms. The van der Waals surface area contributed by atoms with Gasteiger partial charge in [-0.15, -0.1) is 0 Å². The van der Waals surface area contributed by atoms with Gasteiger partial charge in [-0.05, 0) is 24.3 Å². The van der Waals surface area contributed by atoms with Crippen LogP contribution in [0.3, 0.4) is 0 Å². The van der Waals surface area contributed by atoms with Gasteiger partial charge in [0.05, 0.1) is 14.2 Å². The van der Waals surface area contributed by atoms with E-state index in [1.807, 2.05) is 0 Å². The molecular weight excluding hydrogens is 334 g/mol. The molecule has 0 unspecified atom stereocenters. The summed E-state index contributed by atoms with van der Waals surface area (Å²) in [6.07, 6.45) is 0.737. The summed E-state index contributed by atoms with van der Waals surface area (Å²) < 4.78 is 21.2. The van der Waals surface area contributed by atoms with Gasteiger partial charge in [-0.3, -0.25) is 4.79 Å². The number of hydrogen-bond donors (Lipinski definition) is 0. The van der Waals surface area contributed by atoms with Crippen LogP contribution in [-0.4, -0.2) is 39.2 Å². The number of rotatable bonds is 7. The lowest BCUT2D eigenvalue weighted by molar-refractivity contribution is -0.106. The van der Waals surface area contributed by atoms with E-state index in [1.54, 1.807) is 18.2 Å². The molecule has 0 aliphatic rings. The number of benzene rings is 1. The number of halogens is 1. The van der Waals surface area contributed by atoms with E-state index < -0.39 is 6.29 Å². The van der Waals surface area contributed by atoms with Gasteiger partial charge < -0.3 is 18.9 Å². The molecule has 0 fully saturated rings. The molecule has 1 heterocycles. The summed E-state index contributed by atoms with van der Waals surface area (Å²) in [7, 11) is 5.99. The van der Waals surface area contributed by atoms with Crippen LogP contribution in [0.4, 0.5) is 0 Å². The summed E-state index contributed by atoms with van der Waals surface area (Å²) in [5.41, 5.74) is 1.29. The number of nitrogens with zero attached hydrogens (tertiary/aromatic N) is 1. The van der Waals surface area contributed by atoms with Crippen molar-refractivity contribution in [1.82, 2.24) is 4.98 Å². The van der Waals surface area contributed by atoms with Gasteiger partial charge in [-0.2, -0.15) is 0 Å². The maximum Gasteiger partial charge on any atom is 0.193 e. The van der Waals surface area contributed by atoms with Gasteiger partial charge in [-0.1, -0.05) is 11.6 Å². The Kier molecular flexibility index (Phi) is 6.14. The summed E-state index contributed by atoms with van der Waals surface area (Å²) in [4.78, 5) is 16.8. The fourth-order valence-corrected chi connectivity index (χ4v) is 2.51. The number of ketones is 1. The largest absolute Gasteiger partial charge is 0.493 e. The minimum absolute atomic E-state index is 0.234. The van der Waals surface area contributed by atoms with E-state index in [1.165, 1.54) is 40.7 Å². The van der Waals surface area contributed by atoms with Crippen LogP contribution >= 0.6 is 11.6 Å². The van der Waals surface area contributed by atoms with E-state index in [9.17, 15) is 4.79 Å². The van der Waals surface area contributed by atoms with Crippen molar-refractivity contribution in [2.45, 2.75) is 6.29 Å². The van der Waals surface area contributed by atoms with Crippen LogP contribution in [0.25, 0.3) is 0 Å². The number of carbonyl (C=O) groups is 1. The van der Waals surface area contributed by atoms with Gasteiger partial charge in [0.25, 0.3) is 0 Å². The SMILES string of the molecule is COc1cc(C(=O)c2ccnc(Cl)c2)c(C(OC)OC)cc1OC. The Balaban J connectivity index is 2.63. The molecule has 0 radical (unpaired) electrons. The van der Waals surface area contributed by atoms with Crippen LogP contribution < -0.4 is 9.47 Å². The first-order chi connectivity index (χ1) is 11.5. The van der Waals surface area contributed by atoms with Crippen LogP contribution in [0.1, 0.15) is 27.8 Å². The van der Waals surface area contributed by atoms with Crippen LogP contribution in [-0.2, 0) is 9.47 Å². The van der Waals surface area contributed by atoms with Crippen LogP contribution in [0.5, 0.6) is 11.5 Å². The van der Waals surface area contributed by atoms with Crippen molar-refractivity contribution in [3.63, 3.8) is 0 Å². The molecule has 2 rings (SSSR count). The summed E-state index contributed by atoms with van der Waals surface area (Å²) in [5.74, 6) is 0.640. The topological polar surface area (TPSA) is 66.9 Å². The van der Waals surface area contributed by atoms with Gasteiger partial charge >= 0.3 is 0 Å². The average Bonchev–Trinajstić information content (AvgIpc) is 2.61. The lowest BCUT2D eigenvalue weighted by Crippen LogP contribution is -2.13. The first-order valence-corrected chi connectivity index (χ1v) is 7.41. The smallest absolute Gasteiger partial charge is 0.193 e. The molecular formula is C17H18ClNO5. The molecule has 6 nitrogen and oxygen atoms in total. The van der Waals surface area contributed by atoms with E-state index in [2.05, 4.69) is 4.98 Å². The Bertz CT molecular complexity index is 731. The Hall–Kier alpha value is -2.15. The molecule has 128 valence electrons. The second-order valence-electron chi connectivity index (χ2n) is 4.79. The van der Waals surface area contributed by atoms with E-state index in [-0.39, 0.29) is 10.9 Å². The molecule has 0 N–H and O–H groups in total. The summed E-state index contributed by atoms with van der Waals surface area (Å²) in [5, 5.41) is 0.234. The highest BCUT2D eigenvalue weighted by Gasteiger charge is 2.24. The zero-order valence-electron chi connectivity index (χ0n) is 13.8. The number of hydrogen-bond acceptors (Lipinski definition) is 6. The zero-order valence-corrected chi connectivity index (χ0v) is 14.6. The molecule has 1 aromatic carbocycles. The quantitative estimate of drug-likeness (QED) is 0.433. The highest BCUT2D eigenvalue weighted by atomic mass is 35.5. The van der Waals surface area contributed by atoms with Gasteiger partial charge in [0, 0.05) is 37.1 Å². The fourth-order valence-electron chi connectivity index (χ4n) is 2.34. The molecule has 2 aromatic rings. The minimum Gasteiger partial charge on any atom is -0.493 e.